The lowest BCUT2D eigenvalue weighted by atomic mass is 9.86. The fourth-order valence-corrected chi connectivity index (χ4v) is 2.26. The number of aliphatic hydroxyl groups excluding tert-OH is 2. The fourth-order valence-electron chi connectivity index (χ4n) is 2.15. The normalized spacial score (nSPS) is 13.5. The van der Waals surface area contributed by atoms with Crippen LogP contribution in [0.25, 0.3) is 6.08 Å². The van der Waals surface area contributed by atoms with E-state index in [1.54, 1.807) is 30.3 Å². The van der Waals surface area contributed by atoms with Crippen molar-refractivity contribution >= 4 is 36.4 Å². The van der Waals surface area contributed by atoms with Crippen LogP contribution in [0.4, 0.5) is 0 Å². The minimum atomic E-state index is -1.68. The average Bonchev–Trinajstić information content (AvgIpc) is 2.71. The van der Waals surface area contributed by atoms with E-state index < -0.39 is 36.0 Å². The summed E-state index contributed by atoms with van der Waals surface area (Å²) in [6.45, 7) is 2.48. The van der Waals surface area contributed by atoms with Crippen molar-refractivity contribution in [2.75, 3.05) is 25.4 Å². The number of benzene rings is 1. The van der Waals surface area contributed by atoms with Gasteiger partial charge in [-0.1, -0.05) is 44.2 Å². The van der Waals surface area contributed by atoms with Crippen LogP contribution in [-0.2, 0) is 14.4 Å². The lowest BCUT2D eigenvalue weighted by Crippen LogP contribution is -2.50. The molecular weight excluding hydrogens is 380 g/mol. The highest BCUT2D eigenvalue weighted by Crippen LogP contribution is 2.21. The maximum Gasteiger partial charge on any atom is 0.258 e. The van der Waals surface area contributed by atoms with Crippen LogP contribution >= 0.6 is 12.6 Å². The topological polar surface area (TPSA) is 107 Å². The van der Waals surface area contributed by atoms with Gasteiger partial charge in [0.1, 0.15) is 6.10 Å². The molecular formula is C20H28N2O5S. The summed E-state index contributed by atoms with van der Waals surface area (Å²) >= 11 is 3.99. The molecule has 0 heterocycles. The summed E-state index contributed by atoms with van der Waals surface area (Å²) in [7, 11) is 0. The molecule has 1 rings (SSSR count). The third-order valence-corrected chi connectivity index (χ3v) is 4.27. The Labute approximate surface area is 172 Å². The summed E-state index contributed by atoms with van der Waals surface area (Å²) < 4.78 is 8.05. The molecule has 7 nitrogen and oxygen atoms in total. The monoisotopic (exact) mass is 409 g/mol. The standard InChI is InChI=1S/C20H28N2O5S/c1-20(2,14-23)18(26)19(27)22(12-10-16(24)21-11-13-28)17(25)9-8-15-6-4-3-5-7-15/h3-9,18,23,26,28H,10-14H2,1-2H3,(H,21,24)/t18-/m0/s1/i9D. The number of carbonyl (C=O) groups excluding carboxylic acids is 3. The van der Waals surface area contributed by atoms with Crippen molar-refractivity contribution in [3.8, 4) is 0 Å². The Hall–Kier alpha value is -2.16. The Morgan fingerprint density at radius 1 is 1.32 bits per heavy atom. The highest BCUT2D eigenvalue weighted by Gasteiger charge is 2.37. The SMILES string of the molecule is [2H]C(=Cc1ccccc1)C(=O)N(CCC(=O)NCCS)C(=O)[C@H](O)C(C)(C)CO. The molecule has 3 amide bonds. The van der Waals surface area contributed by atoms with Gasteiger partial charge in [0.15, 0.2) is 0 Å². The van der Waals surface area contributed by atoms with E-state index in [9.17, 15) is 24.6 Å². The minimum absolute atomic E-state index is 0.184. The van der Waals surface area contributed by atoms with E-state index in [1.807, 2.05) is 0 Å². The number of imide groups is 1. The predicted molar refractivity (Wildman–Crippen MR) is 111 cm³/mol. The highest BCUT2D eigenvalue weighted by molar-refractivity contribution is 7.80. The van der Waals surface area contributed by atoms with Gasteiger partial charge in [0, 0.05) is 36.7 Å². The van der Waals surface area contributed by atoms with Gasteiger partial charge in [-0.05, 0) is 11.6 Å². The molecule has 3 N–H and O–H groups in total. The third kappa shape index (κ3) is 7.46. The maximum atomic E-state index is 12.8. The zero-order valence-corrected chi connectivity index (χ0v) is 17.0. The van der Waals surface area contributed by atoms with Crippen molar-refractivity contribution in [1.29, 1.82) is 0 Å². The van der Waals surface area contributed by atoms with E-state index >= 15 is 0 Å². The molecule has 0 aliphatic heterocycles. The van der Waals surface area contributed by atoms with Gasteiger partial charge < -0.3 is 15.5 Å². The third-order valence-electron chi connectivity index (χ3n) is 4.05. The number of hydrogen-bond donors (Lipinski definition) is 4. The Balaban J connectivity index is 3.08. The number of nitrogens with one attached hydrogen (secondary N) is 1. The molecule has 8 heteroatoms. The van der Waals surface area contributed by atoms with E-state index in [2.05, 4.69) is 17.9 Å². The molecule has 0 bridgehead atoms. The Bertz CT molecular complexity index is 740. The van der Waals surface area contributed by atoms with Crippen LogP contribution in [0.15, 0.2) is 36.4 Å². The summed E-state index contributed by atoms with van der Waals surface area (Å²) in [6, 6.07) is 8.20. The van der Waals surface area contributed by atoms with Gasteiger partial charge in [-0.3, -0.25) is 19.3 Å². The molecule has 0 aliphatic carbocycles. The second-order valence-electron chi connectivity index (χ2n) is 6.87. The number of amides is 3. The largest absolute Gasteiger partial charge is 0.396 e. The molecule has 0 spiro atoms. The van der Waals surface area contributed by atoms with Crippen LogP contribution in [0.1, 0.15) is 27.2 Å². The van der Waals surface area contributed by atoms with Crippen molar-refractivity contribution in [2.45, 2.75) is 26.4 Å². The first-order valence-electron chi connectivity index (χ1n) is 9.39. The average molecular weight is 410 g/mol. The number of carbonyl (C=O) groups is 3. The predicted octanol–water partition coefficient (Wildman–Crippen LogP) is 0.870. The summed E-state index contributed by atoms with van der Waals surface area (Å²) in [5.41, 5.74) is -0.601. The van der Waals surface area contributed by atoms with Gasteiger partial charge >= 0.3 is 0 Å². The second-order valence-corrected chi connectivity index (χ2v) is 7.31. The molecule has 1 atom stereocenters. The highest BCUT2D eigenvalue weighted by atomic mass is 32.1. The van der Waals surface area contributed by atoms with E-state index in [0.717, 1.165) is 0 Å². The molecule has 0 unspecified atom stereocenters. The first kappa shape index (κ1) is 22.1. The van der Waals surface area contributed by atoms with E-state index in [0.29, 0.717) is 22.8 Å². The summed E-state index contributed by atoms with van der Waals surface area (Å²) in [6.07, 6.45) is -0.565. The molecule has 28 heavy (non-hydrogen) atoms. The lowest BCUT2D eigenvalue weighted by molar-refractivity contribution is -0.154. The molecule has 1 aromatic rings. The summed E-state index contributed by atoms with van der Waals surface area (Å²) in [4.78, 5) is 38.1. The van der Waals surface area contributed by atoms with Crippen molar-refractivity contribution in [1.82, 2.24) is 10.2 Å². The van der Waals surface area contributed by atoms with Crippen LogP contribution in [0, 0.1) is 5.41 Å². The van der Waals surface area contributed by atoms with Crippen molar-refractivity contribution < 1.29 is 26.0 Å². The molecule has 0 saturated heterocycles. The Morgan fingerprint density at radius 2 is 1.96 bits per heavy atom. The first-order valence-corrected chi connectivity index (χ1v) is 9.52. The summed E-state index contributed by atoms with van der Waals surface area (Å²) in [5.74, 6) is -1.86. The van der Waals surface area contributed by atoms with Gasteiger partial charge in [-0.15, -0.1) is 0 Å². The van der Waals surface area contributed by atoms with Crippen molar-refractivity contribution in [3.63, 3.8) is 0 Å². The van der Waals surface area contributed by atoms with Gasteiger partial charge in [0.25, 0.3) is 11.8 Å². The molecule has 0 saturated carbocycles. The minimum Gasteiger partial charge on any atom is -0.396 e. The molecule has 0 aromatic heterocycles. The van der Waals surface area contributed by atoms with E-state index in [-0.39, 0.29) is 18.9 Å². The first-order chi connectivity index (χ1) is 13.6. The molecule has 0 fully saturated rings. The van der Waals surface area contributed by atoms with E-state index in [1.165, 1.54) is 19.9 Å². The molecule has 0 aliphatic rings. The fraction of sp³-hybridized carbons (Fsp3) is 0.450. The van der Waals surface area contributed by atoms with Crippen molar-refractivity contribution in [2.24, 2.45) is 5.41 Å². The van der Waals surface area contributed by atoms with Gasteiger partial charge in [-0.25, -0.2) is 0 Å². The van der Waals surface area contributed by atoms with Crippen LogP contribution < -0.4 is 5.32 Å². The maximum absolute atomic E-state index is 12.8. The Morgan fingerprint density at radius 3 is 2.54 bits per heavy atom. The van der Waals surface area contributed by atoms with Gasteiger partial charge in [0.05, 0.1) is 7.98 Å². The van der Waals surface area contributed by atoms with E-state index in [4.69, 9.17) is 1.37 Å². The van der Waals surface area contributed by atoms with Crippen LogP contribution in [0.5, 0.6) is 0 Å². The van der Waals surface area contributed by atoms with Gasteiger partial charge in [0.2, 0.25) is 5.91 Å². The zero-order chi connectivity index (χ0) is 22.0. The van der Waals surface area contributed by atoms with Gasteiger partial charge in [-0.2, -0.15) is 12.6 Å². The Kier molecular flexibility index (Phi) is 9.19. The number of aliphatic hydroxyl groups is 2. The lowest BCUT2D eigenvalue weighted by Gasteiger charge is -2.31. The number of thiol groups is 1. The number of rotatable bonds is 10. The molecule has 1 aromatic carbocycles. The molecule has 0 radical (unpaired) electrons. The van der Waals surface area contributed by atoms with Crippen molar-refractivity contribution in [3.05, 3.63) is 41.9 Å². The number of hydrogen-bond acceptors (Lipinski definition) is 6. The zero-order valence-electron chi connectivity index (χ0n) is 17.1. The quantitative estimate of drug-likeness (QED) is 0.339. The number of nitrogens with zero attached hydrogens (tertiary/aromatic N) is 1. The second kappa shape index (κ2) is 11.6. The smallest absolute Gasteiger partial charge is 0.258 e. The van der Waals surface area contributed by atoms with Crippen LogP contribution in [0.2, 0.25) is 0 Å². The molecule has 154 valence electrons. The van der Waals surface area contributed by atoms with Crippen LogP contribution in [-0.4, -0.2) is 64.4 Å². The summed E-state index contributed by atoms with van der Waals surface area (Å²) in [5, 5.41) is 22.3. The van der Waals surface area contributed by atoms with Crippen LogP contribution in [0.3, 0.4) is 0 Å².